The lowest BCUT2D eigenvalue weighted by Crippen LogP contribution is -2.45. The standard InChI is InChI=1S/C16H14N2O5/c1-4-16(3,5-2)17-14(19)12-9-10-8-11(18(21)22)6-7-13(10)23-15(12)20/h1,6-9H,5H2,2-3H3,(H,17,19)/t16-/m1/s1. The lowest BCUT2D eigenvalue weighted by molar-refractivity contribution is -0.384. The molecule has 0 radical (unpaired) electrons. The molecule has 7 heteroatoms. The van der Waals surface area contributed by atoms with Crippen molar-refractivity contribution in [2.75, 3.05) is 0 Å². The van der Waals surface area contributed by atoms with Gasteiger partial charge < -0.3 is 9.73 Å². The number of hydrogen-bond donors (Lipinski definition) is 1. The Morgan fingerprint density at radius 2 is 2.17 bits per heavy atom. The van der Waals surface area contributed by atoms with Crippen LogP contribution in [0.2, 0.25) is 0 Å². The second kappa shape index (κ2) is 5.93. The van der Waals surface area contributed by atoms with E-state index in [1.807, 2.05) is 0 Å². The van der Waals surface area contributed by atoms with Gasteiger partial charge in [-0.15, -0.1) is 6.42 Å². The highest BCUT2D eigenvalue weighted by Crippen LogP contribution is 2.20. The molecule has 0 saturated heterocycles. The number of benzene rings is 1. The summed E-state index contributed by atoms with van der Waals surface area (Å²) >= 11 is 0. The zero-order valence-electron chi connectivity index (χ0n) is 12.6. The summed E-state index contributed by atoms with van der Waals surface area (Å²) in [5, 5.41) is 13.7. The number of nitrogens with zero attached hydrogens (tertiary/aromatic N) is 1. The van der Waals surface area contributed by atoms with Crippen LogP contribution in [0.3, 0.4) is 0 Å². The molecule has 2 aromatic rings. The quantitative estimate of drug-likeness (QED) is 0.403. The number of nitrogens with one attached hydrogen (secondary N) is 1. The molecule has 7 nitrogen and oxygen atoms in total. The van der Waals surface area contributed by atoms with Crippen molar-refractivity contribution in [2.45, 2.75) is 25.8 Å². The molecule has 0 aliphatic carbocycles. The highest BCUT2D eigenvalue weighted by molar-refractivity contribution is 5.97. The minimum absolute atomic E-state index is 0.160. The molecular weight excluding hydrogens is 300 g/mol. The number of rotatable bonds is 4. The third-order valence-corrected chi connectivity index (χ3v) is 3.59. The average Bonchev–Trinajstić information content (AvgIpc) is 2.53. The Morgan fingerprint density at radius 3 is 2.74 bits per heavy atom. The van der Waals surface area contributed by atoms with Gasteiger partial charge in [-0.25, -0.2) is 4.79 Å². The average molecular weight is 314 g/mol. The van der Waals surface area contributed by atoms with E-state index in [-0.39, 0.29) is 22.2 Å². The predicted octanol–water partition coefficient (Wildman–Crippen LogP) is 2.23. The van der Waals surface area contributed by atoms with E-state index in [0.717, 1.165) is 0 Å². The van der Waals surface area contributed by atoms with Crippen LogP contribution < -0.4 is 10.9 Å². The number of fused-ring (bicyclic) bond motifs is 1. The van der Waals surface area contributed by atoms with Gasteiger partial charge in [0.05, 0.1) is 10.5 Å². The predicted molar refractivity (Wildman–Crippen MR) is 84.1 cm³/mol. The van der Waals surface area contributed by atoms with Gasteiger partial charge in [-0.1, -0.05) is 12.8 Å². The van der Waals surface area contributed by atoms with Crippen LogP contribution in [0.1, 0.15) is 30.6 Å². The molecule has 1 N–H and O–H groups in total. The van der Waals surface area contributed by atoms with Gasteiger partial charge >= 0.3 is 5.63 Å². The molecule has 23 heavy (non-hydrogen) atoms. The Kier molecular flexibility index (Phi) is 4.18. The monoisotopic (exact) mass is 314 g/mol. The molecule has 1 atom stereocenters. The summed E-state index contributed by atoms with van der Waals surface area (Å²) < 4.78 is 5.04. The maximum atomic E-state index is 12.3. The van der Waals surface area contributed by atoms with Gasteiger partial charge in [0.25, 0.3) is 11.6 Å². The first-order chi connectivity index (χ1) is 10.8. The van der Waals surface area contributed by atoms with E-state index >= 15 is 0 Å². The summed E-state index contributed by atoms with van der Waals surface area (Å²) in [5.41, 5.74) is -2.00. The van der Waals surface area contributed by atoms with Crippen molar-refractivity contribution in [1.29, 1.82) is 0 Å². The van der Waals surface area contributed by atoms with Crippen LogP contribution in [0.5, 0.6) is 0 Å². The van der Waals surface area contributed by atoms with Crippen LogP contribution in [0.4, 0.5) is 5.69 Å². The number of nitro groups is 1. The maximum Gasteiger partial charge on any atom is 0.349 e. The zero-order valence-corrected chi connectivity index (χ0v) is 12.6. The van der Waals surface area contributed by atoms with Crippen molar-refractivity contribution < 1.29 is 14.1 Å². The molecule has 1 amide bonds. The van der Waals surface area contributed by atoms with Crippen LogP contribution in [0.25, 0.3) is 11.0 Å². The topological polar surface area (TPSA) is 102 Å². The summed E-state index contributed by atoms with van der Waals surface area (Å²) in [7, 11) is 0. The van der Waals surface area contributed by atoms with E-state index in [0.29, 0.717) is 6.42 Å². The molecule has 1 aromatic carbocycles. The highest BCUT2D eigenvalue weighted by atomic mass is 16.6. The molecule has 0 unspecified atom stereocenters. The normalized spacial score (nSPS) is 13.1. The summed E-state index contributed by atoms with van der Waals surface area (Å²) in [6.45, 7) is 3.45. The molecule has 0 fully saturated rings. The minimum atomic E-state index is -0.902. The molecule has 0 aliphatic rings. The van der Waals surface area contributed by atoms with Crippen LogP contribution >= 0.6 is 0 Å². The van der Waals surface area contributed by atoms with Gasteiger partial charge in [0.1, 0.15) is 11.1 Å². The van der Waals surface area contributed by atoms with Crippen LogP contribution in [-0.2, 0) is 0 Å². The molecule has 0 saturated carbocycles. The Bertz CT molecular complexity index is 893. The fourth-order valence-electron chi connectivity index (χ4n) is 1.93. The van der Waals surface area contributed by atoms with Crippen LogP contribution in [0, 0.1) is 22.5 Å². The number of hydrogen-bond acceptors (Lipinski definition) is 5. The Balaban J connectivity index is 2.50. The van der Waals surface area contributed by atoms with Gasteiger partial charge in [-0.3, -0.25) is 14.9 Å². The second-order valence-electron chi connectivity index (χ2n) is 5.21. The molecule has 1 aromatic heterocycles. The van der Waals surface area contributed by atoms with E-state index in [4.69, 9.17) is 10.8 Å². The van der Waals surface area contributed by atoms with Crippen molar-refractivity contribution >= 4 is 22.6 Å². The highest BCUT2D eigenvalue weighted by Gasteiger charge is 2.24. The van der Waals surface area contributed by atoms with Crippen molar-refractivity contribution in [3.05, 3.63) is 50.4 Å². The third kappa shape index (κ3) is 3.21. The first kappa shape index (κ1) is 16.2. The van der Waals surface area contributed by atoms with Crippen LogP contribution in [-0.4, -0.2) is 16.4 Å². The van der Waals surface area contributed by atoms with Crippen molar-refractivity contribution in [2.24, 2.45) is 0 Å². The number of non-ortho nitro benzene ring substituents is 1. The SMILES string of the molecule is C#C[C@](C)(CC)NC(=O)c1cc2cc([N+](=O)[O-])ccc2oc1=O. The first-order valence-electron chi connectivity index (χ1n) is 6.82. The summed E-state index contributed by atoms with van der Waals surface area (Å²) in [6.07, 6.45) is 5.86. The first-order valence-corrected chi connectivity index (χ1v) is 6.82. The summed E-state index contributed by atoms with van der Waals surface area (Å²) in [5.74, 6) is 1.77. The molecular formula is C16H14N2O5. The second-order valence-corrected chi connectivity index (χ2v) is 5.21. The van der Waals surface area contributed by atoms with Crippen molar-refractivity contribution in [3.8, 4) is 12.3 Å². The molecule has 2 rings (SSSR count). The van der Waals surface area contributed by atoms with E-state index in [1.54, 1.807) is 13.8 Å². The van der Waals surface area contributed by atoms with E-state index in [1.165, 1.54) is 24.3 Å². The zero-order chi connectivity index (χ0) is 17.2. The number of carbonyl (C=O) groups is 1. The minimum Gasteiger partial charge on any atom is -0.422 e. The third-order valence-electron chi connectivity index (χ3n) is 3.59. The smallest absolute Gasteiger partial charge is 0.349 e. The maximum absolute atomic E-state index is 12.3. The fraction of sp³-hybridized carbons (Fsp3) is 0.250. The number of carbonyl (C=O) groups excluding carboxylic acids is 1. The van der Waals surface area contributed by atoms with E-state index in [2.05, 4.69) is 11.2 Å². The number of terminal acetylenes is 1. The van der Waals surface area contributed by atoms with Gasteiger partial charge in [0, 0.05) is 17.5 Å². The van der Waals surface area contributed by atoms with E-state index < -0.39 is 22.0 Å². The number of amides is 1. The Morgan fingerprint density at radius 1 is 1.48 bits per heavy atom. The molecule has 1 heterocycles. The largest absolute Gasteiger partial charge is 0.422 e. The van der Waals surface area contributed by atoms with Crippen molar-refractivity contribution in [1.82, 2.24) is 5.32 Å². The van der Waals surface area contributed by atoms with Crippen LogP contribution in [0.15, 0.2) is 33.5 Å². The fourth-order valence-corrected chi connectivity index (χ4v) is 1.93. The Hall–Kier alpha value is -3.14. The van der Waals surface area contributed by atoms with E-state index in [9.17, 15) is 19.7 Å². The van der Waals surface area contributed by atoms with Gasteiger partial charge in [0.2, 0.25) is 0 Å². The molecule has 118 valence electrons. The van der Waals surface area contributed by atoms with Gasteiger partial charge in [-0.05, 0) is 25.5 Å². The lowest BCUT2D eigenvalue weighted by atomic mass is 9.99. The summed E-state index contributed by atoms with van der Waals surface area (Å²) in [4.78, 5) is 34.4. The van der Waals surface area contributed by atoms with Gasteiger partial charge in [-0.2, -0.15) is 0 Å². The lowest BCUT2D eigenvalue weighted by Gasteiger charge is -2.23. The molecule has 0 bridgehead atoms. The molecule has 0 aliphatic heterocycles. The Labute approximate surface area is 131 Å². The summed E-state index contributed by atoms with van der Waals surface area (Å²) in [6, 6.07) is 5.02. The van der Waals surface area contributed by atoms with Crippen molar-refractivity contribution in [3.63, 3.8) is 0 Å². The van der Waals surface area contributed by atoms with Gasteiger partial charge in [0.15, 0.2) is 0 Å². The molecule has 0 spiro atoms. The number of nitro benzene ring substituents is 1.